The highest BCUT2D eigenvalue weighted by Gasteiger charge is 2.28. The summed E-state index contributed by atoms with van der Waals surface area (Å²) in [6.07, 6.45) is 1.51. The van der Waals surface area contributed by atoms with Crippen LogP contribution in [-0.4, -0.2) is 25.9 Å². The Labute approximate surface area is 199 Å². The van der Waals surface area contributed by atoms with Crippen LogP contribution in [0, 0.1) is 10.1 Å². The van der Waals surface area contributed by atoms with Crippen molar-refractivity contribution in [1.82, 2.24) is 15.2 Å². The summed E-state index contributed by atoms with van der Waals surface area (Å²) in [7, 11) is 0. The zero-order valence-electron chi connectivity index (χ0n) is 18.3. The van der Waals surface area contributed by atoms with Gasteiger partial charge in [-0.05, 0) is 36.8 Å². The van der Waals surface area contributed by atoms with Crippen molar-refractivity contribution >= 4 is 23.1 Å². The summed E-state index contributed by atoms with van der Waals surface area (Å²) < 4.78 is 12.3. The third-order valence-corrected chi connectivity index (χ3v) is 6.23. The van der Waals surface area contributed by atoms with Crippen molar-refractivity contribution < 1.29 is 14.1 Å². The summed E-state index contributed by atoms with van der Waals surface area (Å²) in [6.45, 7) is 2.14. The topological polar surface area (TPSA) is 116 Å². The minimum atomic E-state index is -0.653. The number of furan rings is 1. The van der Waals surface area contributed by atoms with Gasteiger partial charge < -0.3 is 14.5 Å². The Bertz CT molecular complexity index is 1330. The van der Waals surface area contributed by atoms with Gasteiger partial charge in [-0.1, -0.05) is 43.3 Å². The summed E-state index contributed by atoms with van der Waals surface area (Å²) in [5.41, 5.74) is 2.98. The standard InChI is InChI=1S/C24H21N5O4S/c1-2-3-14-34-24-26-23-21(27-28-24)17-6-4-5-7-18(17)25-22(33-23)20-13-12-19(32-20)15-8-10-16(11-9-15)29(30)31/h4-13,22,25H,2-3,14H2,1H3/t22-/m1/s1. The van der Waals surface area contributed by atoms with Gasteiger partial charge >= 0.3 is 0 Å². The molecule has 0 saturated carbocycles. The molecule has 9 nitrogen and oxygen atoms in total. The third-order valence-electron chi connectivity index (χ3n) is 5.31. The molecule has 10 heteroatoms. The Hall–Kier alpha value is -3.92. The molecule has 1 aliphatic rings. The maximum absolute atomic E-state index is 10.9. The number of hydrogen-bond donors (Lipinski definition) is 1. The molecule has 5 rings (SSSR count). The molecule has 0 bridgehead atoms. The van der Waals surface area contributed by atoms with Crippen LogP contribution in [0.4, 0.5) is 11.4 Å². The first kappa shape index (κ1) is 21.9. The van der Waals surface area contributed by atoms with Crippen LogP contribution in [0.15, 0.2) is 70.2 Å². The quantitative estimate of drug-likeness (QED) is 0.146. The van der Waals surface area contributed by atoms with Crippen LogP contribution in [0.25, 0.3) is 22.6 Å². The molecule has 1 atom stereocenters. The van der Waals surface area contributed by atoms with Crippen molar-refractivity contribution in [2.75, 3.05) is 11.1 Å². The van der Waals surface area contributed by atoms with Crippen molar-refractivity contribution in [2.45, 2.75) is 31.1 Å². The van der Waals surface area contributed by atoms with Gasteiger partial charge in [-0.3, -0.25) is 10.1 Å². The Morgan fingerprint density at radius 3 is 2.71 bits per heavy atom. The average molecular weight is 476 g/mol. The van der Waals surface area contributed by atoms with E-state index >= 15 is 0 Å². The number of non-ortho nitro benzene ring substituents is 1. The fraction of sp³-hybridized carbons (Fsp3) is 0.208. The van der Waals surface area contributed by atoms with E-state index in [1.807, 2.05) is 36.4 Å². The molecular weight excluding hydrogens is 454 g/mol. The molecule has 1 aliphatic heterocycles. The van der Waals surface area contributed by atoms with Crippen LogP contribution in [0.1, 0.15) is 31.8 Å². The number of fused-ring (bicyclic) bond motifs is 3. The second-order valence-corrected chi connectivity index (χ2v) is 8.71. The lowest BCUT2D eigenvalue weighted by Gasteiger charge is -2.16. The smallest absolute Gasteiger partial charge is 0.269 e. The van der Waals surface area contributed by atoms with Crippen molar-refractivity contribution in [3.63, 3.8) is 0 Å². The van der Waals surface area contributed by atoms with E-state index in [0.29, 0.717) is 28.3 Å². The molecule has 0 radical (unpaired) electrons. The van der Waals surface area contributed by atoms with Gasteiger partial charge in [0.1, 0.15) is 5.76 Å². The molecule has 4 aromatic rings. The normalized spacial score (nSPS) is 14.3. The van der Waals surface area contributed by atoms with Crippen molar-refractivity contribution in [2.24, 2.45) is 0 Å². The monoisotopic (exact) mass is 475 g/mol. The number of hydrogen-bond acceptors (Lipinski definition) is 9. The van der Waals surface area contributed by atoms with Crippen molar-refractivity contribution in [1.29, 1.82) is 0 Å². The number of aromatic nitrogens is 3. The lowest BCUT2D eigenvalue weighted by molar-refractivity contribution is -0.384. The largest absolute Gasteiger partial charge is 0.455 e. The van der Waals surface area contributed by atoms with Gasteiger partial charge in [-0.15, -0.1) is 10.2 Å². The summed E-state index contributed by atoms with van der Waals surface area (Å²) in [4.78, 5) is 15.1. The fourth-order valence-corrected chi connectivity index (χ4v) is 4.40. The lowest BCUT2D eigenvalue weighted by atomic mass is 10.1. The van der Waals surface area contributed by atoms with Gasteiger partial charge in [0.15, 0.2) is 11.5 Å². The third kappa shape index (κ3) is 4.44. The van der Waals surface area contributed by atoms with E-state index in [4.69, 9.17) is 9.15 Å². The Balaban J connectivity index is 1.47. The summed E-state index contributed by atoms with van der Waals surface area (Å²) >= 11 is 1.55. The van der Waals surface area contributed by atoms with Gasteiger partial charge in [0, 0.05) is 34.7 Å². The first-order valence-corrected chi connectivity index (χ1v) is 11.9. The number of anilines is 1. The number of nitrogens with zero attached hydrogens (tertiary/aromatic N) is 4. The molecule has 172 valence electrons. The minimum Gasteiger partial charge on any atom is -0.455 e. The second-order valence-electron chi connectivity index (χ2n) is 7.64. The number of thioether (sulfide) groups is 1. The van der Waals surface area contributed by atoms with E-state index in [2.05, 4.69) is 27.4 Å². The molecule has 0 unspecified atom stereocenters. The number of ether oxygens (including phenoxy) is 1. The van der Waals surface area contributed by atoms with Crippen LogP contribution >= 0.6 is 11.8 Å². The first-order chi connectivity index (χ1) is 16.6. The Morgan fingerprint density at radius 2 is 1.91 bits per heavy atom. The highest BCUT2D eigenvalue weighted by atomic mass is 32.2. The average Bonchev–Trinajstić information content (AvgIpc) is 3.29. The van der Waals surface area contributed by atoms with Crippen molar-refractivity contribution in [3.8, 4) is 28.5 Å². The van der Waals surface area contributed by atoms with E-state index in [0.717, 1.165) is 35.4 Å². The van der Waals surface area contributed by atoms with Gasteiger partial charge in [-0.2, -0.15) is 4.98 Å². The molecule has 34 heavy (non-hydrogen) atoms. The van der Waals surface area contributed by atoms with Gasteiger partial charge in [0.25, 0.3) is 5.69 Å². The minimum absolute atomic E-state index is 0.0253. The van der Waals surface area contributed by atoms with E-state index in [-0.39, 0.29) is 5.69 Å². The van der Waals surface area contributed by atoms with Crippen LogP contribution in [-0.2, 0) is 0 Å². The van der Waals surface area contributed by atoms with Crippen LogP contribution in [0.3, 0.4) is 0 Å². The van der Waals surface area contributed by atoms with Gasteiger partial charge in [0.2, 0.25) is 17.3 Å². The number of nitro benzene ring substituents is 1. The van der Waals surface area contributed by atoms with Crippen LogP contribution in [0.5, 0.6) is 5.88 Å². The molecule has 0 aliphatic carbocycles. The predicted molar refractivity (Wildman–Crippen MR) is 129 cm³/mol. The van der Waals surface area contributed by atoms with Gasteiger partial charge in [-0.25, -0.2) is 0 Å². The fourth-order valence-electron chi connectivity index (χ4n) is 3.54. The molecule has 2 aromatic carbocycles. The van der Waals surface area contributed by atoms with Crippen molar-refractivity contribution in [3.05, 3.63) is 76.5 Å². The number of nitro groups is 1. The number of rotatable bonds is 7. The number of unbranched alkanes of at least 4 members (excludes halogenated alkanes) is 1. The first-order valence-electron chi connectivity index (χ1n) is 10.9. The predicted octanol–water partition coefficient (Wildman–Crippen LogP) is 6.10. The molecule has 0 amide bonds. The summed E-state index contributed by atoms with van der Waals surface area (Å²) in [6, 6.07) is 17.6. The zero-order valence-corrected chi connectivity index (χ0v) is 19.1. The number of nitrogens with one attached hydrogen (secondary N) is 1. The molecular formula is C24H21N5O4S. The number of para-hydroxylation sites is 1. The van der Waals surface area contributed by atoms with E-state index in [1.165, 1.54) is 12.1 Å². The van der Waals surface area contributed by atoms with Crippen LogP contribution in [0.2, 0.25) is 0 Å². The van der Waals surface area contributed by atoms with E-state index in [1.54, 1.807) is 23.9 Å². The highest BCUT2D eigenvalue weighted by Crippen LogP contribution is 2.40. The maximum Gasteiger partial charge on any atom is 0.269 e. The maximum atomic E-state index is 10.9. The molecule has 0 saturated heterocycles. The van der Waals surface area contributed by atoms with E-state index < -0.39 is 11.2 Å². The second kappa shape index (κ2) is 9.52. The zero-order chi connectivity index (χ0) is 23.5. The Morgan fingerprint density at radius 1 is 1.09 bits per heavy atom. The molecule has 1 N–H and O–H groups in total. The summed E-state index contributed by atoms with van der Waals surface area (Å²) in [5, 5.41) is 23.6. The van der Waals surface area contributed by atoms with Gasteiger partial charge in [0.05, 0.1) is 4.92 Å². The summed E-state index contributed by atoms with van der Waals surface area (Å²) in [5.74, 6) is 2.40. The lowest BCUT2D eigenvalue weighted by Crippen LogP contribution is -2.16. The molecule has 2 aromatic heterocycles. The molecule has 0 fully saturated rings. The molecule has 0 spiro atoms. The Kier molecular flexibility index (Phi) is 6.13. The van der Waals surface area contributed by atoms with E-state index in [9.17, 15) is 10.1 Å². The highest BCUT2D eigenvalue weighted by molar-refractivity contribution is 7.99. The van der Waals surface area contributed by atoms with Crippen LogP contribution < -0.4 is 10.1 Å². The SMILES string of the molecule is CCCCSc1nnc2c(n1)O[C@H](c1ccc(-c3ccc([N+](=O)[O-])cc3)o1)Nc1ccccc1-2. The number of benzene rings is 2. The molecule has 3 heterocycles.